The number of rotatable bonds is 7. The van der Waals surface area contributed by atoms with E-state index in [1.807, 2.05) is 0 Å². The maximum atomic E-state index is 5.36. The minimum absolute atomic E-state index is 0.531. The molecular weight excluding hydrogens is 258 g/mol. The summed E-state index contributed by atoms with van der Waals surface area (Å²) in [5.74, 6) is 0. The number of ether oxygens (including phenoxy) is 1. The van der Waals surface area contributed by atoms with Gasteiger partial charge in [-0.1, -0.05) is 6.92 Å². The molecule has 0 amide bonds. The number of hydrogen-bond donors (Lipinski definition) is 1. The van der Waals surface area contributed by atoms with Crippen molar-refractivity contribution in [2.24, 2.45) is 0 Å². The highest BCUT2D eigenvalue weighted by Gasteiger charge is 2.13. The molecule has 0 aromatic carbocycles. The van der Waals surface area contributed by atoms with Gasteiger partial charge >= 0.3 is 0 Å². The quantitative estimate of drug-likeness (QED) is 0.824. The van der Waals surface area contributed by atoms with Gasteiger partial charge in [0.2, 0.25) is 0 Å². The van der Waals surface area contributed by atoms with Gasteiger partial charge in [0.25, 0.3) is 0 Å². The minimum Gasteiger partial charge on any atom is -0.379 e. The highest BCUT2D eigenvalue weighted by atomic mass is 32.1. The maximum absolute atomic E-state index is 5.36. The van der Waals surface area contributed by atoms with Crippen LogP contribution < -0.4 is 5.32 Å². The molecule has 0 spiro atoms. The summed E-state index contributed by atoms with van der Waals surface area (Å²) in [7, 11) is 0. The lowest BCUT2D eigenvalue weighted by Crippen LogP contribution is -2.44. The fourth-order valence-corrected chi connectivity index (χ4v) is 3.17. The van der Waals surface area contributed by atoms with Crippen LogP contribution in [0, 0.1) is 0 Å². The van der Waals surface area contributed by atoms with Crippen molar-refractivity contribution in [2.75, 3.05) is 39.4 Å². The normalized spacial score (nSPS) is 18.6. The molecule has 108 valence electrons. The summed E-state index contributed by atoms with van der Waals surface area (Å²) in [5, 5.41) is 7.02. The zero-order valence-electron chi connectivity index (χ0n) is 12.0. The summed E-state index contributed by atoms with van der Waals surface area (Å²) in [4.78, 5) is 7.06. The van der Waals surface area contributed by atoms with E-state index in [1.165, 1.54) is 10.7 Å². The van der Waals surface area contributed by atoms with Crippen LogP contribution in [-0.4, -0.2) is 55.3 Å². The Labute approximate surface area is 120 Å². The van der Waals surface area contributed by atoms with E-state index in [2.05, 4.69) is 34.4 Å². The number of morpholine rings is 1. The molecule has 2 heterocycles. The number of nitrogens with one attached hydrogen (secondary N) is 1. The van der Waals surface area contributed by atoms with Gasteiger partial charge in [-0.25, -0.2) is 4.98 Å². The van der Waals surface area contributed by atoms with Gasteiger partial charge in [0.15, 0.2) is 0 Å². The van der Waals surface area contributed by atoms with Gasteiger partial charge in [-0.15, -0.1) is 11.3 Å². The highest BCUT2D eigenvalue weighted by molar-refractivity contribution is 7.09. The van der Waals surface area contributed by atoms with Gasteiger partial charge in [-0.3, -0.25) is 4.90 Å². The fraction of sp³-hybridized carbons (Fsp3) is 0.786. The lowest BCUT2D eigenvalue weighted by Gasteiger charge is -2.29. The lowest BCUT2D eigenvalue weighted by atomic mass is 10.2. The van der Waals surface area contributed by atoms with Gasteiger partial charge in [-0.2, -0.15) is 0 Å². The summed E-state index contributed by atoms with van der Waals surface area (Å²) < 4.78 is 5.36. The largest absolute Gasteiger partial charge is 0.379 e. The van der Waals surface area contributed by atoms with Gasteiger partial charge in [0.05, 0.1) is 23.9 Å². The van der Waals surface area contributed by atoms with E-state index < -0.39 is 0 Å². The lowest BCUT2D eigenvalue weighted by molar-refractivity contribution is 0.0344. The molecule has 0 saturated carbocycles. The Kier molecular flexibility index (Phi) is 6.23. The van der Waals surface area contributed by atoms with Crippen LogP contribution in [0.1, 0.15) is 24.5 Å². The first kappa shape index (κ1) is 14.9. The molecule has 5 heteroatoms. The van der Waals surface area contributed by atoms with Crippen LogP contribution in [0.25, 0.3) is 0 Å². The van der Waals surface area contributed by atoms with Crippen LogP contribution in [-0.2, 0) is 17.6 Å². The first-order valence-electron chi connectivity index (χ1n) is 7.24. The minimum atomic E-state index is 0.531. The van der Waals surface area contributed by atoms with E-state index in [0.29, 0.717) is 6.04 Å². The zero-order valence-corrected chi connectivity index (χ0v) is 12.8. The number of thiazole rings is 1. The smallest absolute Gasteiger partial charge is 0.0940 e. The van der Waals surface area contributed by atoms with E-state index >= 15 is 0 Å². The Balaban J connectivity index is 1.61. The van der Waals surface area contributed by atoms with Crippen LogP contribution >= 0.6 is 11.3 Å². The molecular formula is C14H25N3OS. The van der Waals surface area contributed by atoms with Crippen molar-refractivity contribution in [3.8, 4) is 0 Å². The number of nitrogens with zero attached hydrogens (tertiary/aromatic N) is 2. The molecule has 0 aliphatic carbocycles. The Bertz CT molecular complexity index is 363. The second-order valence-electron chi connectivity index (χ2n) is 5.10. The standard InChI is InChI=1S/C14H25N3OS/c1-3-13-11-19-14(16-13)4-5-15-12(2)10-17-6-8-18-9-7-17/h11-12,15H,3-10H2,1-2H3/t12-/m1/s1. The topological polar surface area (TPSA) is 37.4 Å². The second-order valence-corrected chi connectivity index (χ2v) is 6.05. The summed E-state index contributed by atoms with van der Waals surface area (Å²) in [6.45, 7) is 10.4. The van der Waals surface area contributed by atoms with E-state index in [4.69, 9.17) is 4.74 Å². The predicted octanol–water partition coefficient (Wildman–Crippen LogP) is 1.56. The number of aryl methyl sites for hydroxylation is 1. The molecule has 0 radical (unpaired) electrons. The SMILES string of the molecule is CCc1csc(CCN[C@H](C)CN2CCOCC2)n1. The molecule has 1 aliphatic heterocycles. The fourth-order valence-electron chi connectivity index (χ4n) is 2.29. The van der Waals surface area contributed by atoms with Crippen molar-refractivity contribution in [1.29, 1.82) is 0 Å². The van der Waals surface area contributed by atoms with Crippen molar-refractivity contribution in [1.82, 2.24) is 15.2 Å². The molecule has 4 nitrogen and oxygen atoms in total. The Morgan fingerprint density at radius 3 is 2.95 bits per heavy atom. The average Bonchev–Trinajstić information content (AvgIpc) is 2.88. The molecule has 1 aromatic rings. The van der Waals surface area contributed by atoms with Gasteiger partial charge in [0.1, 0.15) is 0 Å². The summed E-state index contributed by atoms with van der Waals surface area (Å²) in [6.07, 6.45) is 2.08. The first-order chi connectivity index (χ1) is 9.28. The van der Waals surface area contributed by atoms with Gasteiger partial charge in [-0.05, 0) is 13.3 Å². The van der Waals surface area contributed by atoms with Crippen LogP contribution in [0.5, 0.6) is 0 Å². The number of hydrogen-bond acceptors (Lipinski definition) is 5. The Morgan fingerprint density at radius 2 is 2.26 bits per heavy atom. The Morgan fingerprint density at radius 1 is 1.47 bits per heavy atom. The van der Waals surface area contributed by atoms with Crippen LogP contribution in [0.4, 0.5) is 0 Å². The molecule has 1 fully saturated rings. The molecule has 1 saturated heterocycles. The van der Waals surface area contributed by atoms with E-state index in [1.54, 1.807) is 11.3 Å². The molecule has 1 aliphatic rings. The van der Waals surface area contributed by atoms with Crippen LogP contribution in [0.15, 0.2) is 5.38 Å². The second kappa shape index (κ2) is 7.94. The number of aromatic nitrogens is 1. The van der Waals surface area contributed by atoms with Crippen molar-refractivity contribution in [2.45, 2.75) is 32.7 Å². The van der Waals surface area contributed by atoms with Crippen LogP contribution in [0.3, 0.4) is 0 Å². The highest BCUT2D eigenvalue weighted by Crippen LogP contribution is 2.10. The predicted molar refractivity (Wildman–Crippen MR) is 79.9 cm³/mol. The monoisotopic (exact) mass is 283 g/mol. The molecule has 0 unspecified atom stereocenters. The van der Waals surface area contributed by atoms with Crippen molar-refractivity contribution in [3.05, 3.63) is 16.1 Å². The summed E-state index contributed by atoms with van der Waals surface area (Å²) in [6, 6.07) is 0.531. The summed E-state index contributed by atoms with van der Waals surface area (Å²) in [5.41, 5.74) is 1.22. The maximum Gasteiger partial charge on any atom is 0.0940 e. The molecule has 19 heavy (non-hydrogen) atoms. The summed E-state index contributed by atoms with van der Waals surface area (Å²) >= 11 is 1.78. The van der Waals surface area contributed by atoms with Crippen molar-refractivity contribution >= 4 is 11.3 Å². The first-order valence-corrected chi connectivity index (χ1v) is 8.12. The third-order valence-electron chi connectivity index (χ3n) is 3.43. The van der Waals surface area contributed by atoms with E-state index in [-0.39, 0.29) is 0 Å². The zero-order chi connectivity index (χ0) is 13.5. The van der Waals surface area contributed by atoms with Crippen molar-refractivity contribution in [3.63, 3.8) is 0 Å². The third kappa shape index (κ3) is 5.18. The molecule has 0 bridgehead atoms. The van der Waals surface area contributed by atoms with E-state index in [9.17, 15) is 0 Å². The average molecular weight is 283 g/mol. The molecule has 2 rings (SSSR count). The van der Waals surface area contributed by atoms with Gasteiger partial charge < -0.3 is 10.1 Å². The van der Waals surface area contributed by atoms with Crippen molar-refractivity contribution < 1.29 is 4.74 Å². The molecule has 1 atom stereocenters. The van der Waals surface area contributed by atoms with Gasteiger partial charge in [0, 0.05) is 44.0 Å². The Hall–Kier alpha value is -0.490. The van der Waals surface area contributed by atoms with E-state index in [0.717, 1.165) is 52.2 Å². The molecule has 1 N–H and O–H groups in total. The molecule has 1 aromatic heterocycles. The third-order valence-corrected chi connectivity index (χ3v) is 4.39. The van der Waals surface area contributed by atoms with Crippen LogP contribution in [0.2, 0.25) is 0 Å².